The van der Waals surface area contributed by atoms with Crippen LogP contribution in [0.5, 0.6) is 0 Å². The number of benzene rings is 2. The molecule has 4 nitrogen and oxygen atoms in total. The number of hydrogen-bond donors (Lipinski definition) is 1. The van der Waals surface area contributed by atoms with E-state index in [1.54, 1.807) is 18.2 Å². The zero-order valence-corrected chi connectivity index (χ0v) is 12.8. The van der Waals surface area contributed by atoms with Gasteiger partial charge in [-0.3, -0.25) is 9.59 Å². The average molecular weight is 315 g/mol. The second-order valence-electron chi connectivity index (χ2n) is 5.23. The zero-order valence-electron chi connectivity index (χ0n) is 12.0. The van der Waals surface area contributed by atoms with Gasteiger partial charge in [0.2, 0.25) is 5.91 Å². The van der Waals surface area contributed by atoms with E-state index in [4.69, 9.17) is 11.6 Å². The number of rotatable bonds is 3. The minimum Gasteiger partial charge on any atom is -0.372 e. The number of amides is 2. The van der Waals surface area contributed by atoms with E-state index in [0.717, 1.165) is 5.56 Å². The third-order valence-corrected chi connectivity index (χ3v) is 4.04. The normalized spacial score (nSPS) is 17.9. The highest BCUT2D eigenvalue weighted by atomic mass is 35.5. The van der Waals surface area contributed by atoms with E-state index in [9.17, 15) is 9.59 Å². The van der Waals surface area contributed by atoms with Crippen LogP contribution in [0.25, 0.3) is 0 Å². The summed E-state index contributed by atoms with van der Waals surface area (Å²) in [4.78, 5) is 26.1. The Morgan fingerprint density at radius 3 is 2.50 bits per heavy atom. The molecule has 1 atom stereocenters. The number of hydrogen-bond acceptors (Lipinski definition) is 3. The Kier molecular flexibility index (Phi) is 3.86. The van der Waals surface area contributed by atoms with Crippen LogP contribution in [0, 0.1) is 6.92 Å². The molecule has 0 unspecified atom stereocenters. The molecular formula is C17H15ClN2O2. The van der Waals surface area contributed by atoms with Crippen LogP contribution in [0.15, 0.2) is 48.5 Å². The summed E-state index contributed by atoms with van der Waals surface area (Å²) >= 11 is 6.09. The van der Waals surface area contributed by atoms with Crippen molar-refractivity contribution in [3.63, 3.8) is 0 Å². The monoisotopic (exact) mass is 314 g/mol. The Hall–Kier alpha value is -2.33. The van der Waals surface area contributed by atoms with E-state index in [2.05, 4.69) is 5.32 Å². The Morgan fingerprint density at radius 2 is 1.77 bits per heavy atom. The molecule has 2 amide bonds. The highest BCUT2D eigenvalue weighted by molar-refractivity contribution is 6.33. The van der Waals surface area contributed by atoms with Crippen molar-refractivity contribution in [3.8, 4) is 0 Å². The molecule has 1 N–H and O–H groups in total. The van der Waals surface area contributed by atoms with E-state index in [1.807, 2.05) is 37.3 Å². The lowest BCUT2D eigenvalue weighted by Crippen LogP contribution is -2.35. The van der Waals surface area contributed by atoms with Crippen LogP contribution < -0.4 is 10.2 Å². The summed E-state index contributed by atoms with van der Waals surface area (Å²) < 4.78 is 0. The first kappa shape index (κ1) is 14.6. The van der Waals surface area contributed by atoms with E-state index < -0.39 is 6.04 Å². The fourth-order valence-corrected chi connectivity index (χ4v) is 2.77. The number of anilines is 2. The van der Waals surface area contributed by atoms with E-state index in [1.165, 1.54) is 4.90 Å². The maximum Gasteiger partial charge on any atom is 0.256 e. The van der Waals surface area contributed by atoms with Crippen molar-refractivity contribution >= 4 is 34.8 Å². The van der Waals surface area contributed by atoms with Gasteiger partial charge in [-0.25, -0.2) is 4.90 Å². The Morgan fingerprint density at radius 1 is 1.09 bits per heavy atom. The third kappa shape index (κ3) is 2.57. The maximum atomic E-state index is 12.6. The van der Waals surface area contributed by atoms with Gasteiger partial charge in [0, 0.05) is 0 Å². The number of carbonyl (C=O) groups excluding carboxylic acids is 2. The average Bonchev–Trinajstić information content (AvgIpc) is 2.77. The molecule has 1 fully saturated rings. The molecular weight excluding hydrogens is 300 g/mol. The van der Waals surface area contributed by atoms with Gasteiger partial charge in [-0.1, -0.05) is 41.9 Å². The number of imide groups is 1. The minimum atomic E-state index is -0.591. The van der Waals surface area contributed by atoms with Crippen molar-refractivity contribution in [3.05, 3.63) is 59.1 Å². The molecule has 0 aliphatic carbocycles. The number of para-hydroxylation sites is 2. The Bertz CT molecular complexity index is 745. The van der Waals surface area contributed by atoms with Crippen molar-refractivity contribution in [1.29, 1.82) is 0 Å². The fourth-order valence-electron chi connectivity index (χ4n) is 2.58. The van der Waals surface area contributed by atoms with E-state index in [-0.39, 0.29) is 18.2 Å². The van der Waals surface area contributed by atoms with Gasteiger partial charge in [0.15, 0.2) is 0 Å². The number of carbonyl (C=O) groups is 2. The highest BCUT2D eigenvalue weighted by Crippen LogP contribution is 2.29. The van der Waals surface area contributed by atoms with E-state index >= 15 is 0 Å². The Labute approximate surface area is 133 Å². The second-order valence-corrected chi connectivity index (χ2v) is 5.64. The van der Waals surface area contributed by atoms with Gasteiger partial charge in [-0.05, 0) is 30.7 Å². The predicted octanol–water partition coefficient (Wildman–Crippen LogP) is 3.39. The SMILES string of the molecule is Cc1ccccc1N1C(=O)C[C@H](Nc2ccccc2Cl)C1=O. The molecule has 0 bridgehead atoms. The van der Waals surface area contributed by atoms with Crippen molar-refractivity contribution in [2.24, 2.45) is 0 Å². The van der Waals surface area contributed by atoms with Gasteiger partial charge in [0.1, 0.15) is 6.04 Å². The first-order valence-corrected chi connectivity index (χ1v) is 7.39. The standard InChI is InChI=1S/C17H15ClN2O2/c1-11-6-2-5-9-15(11)20-16(21)10-14(17(20)22)19-13-8-4-3-7-12(13)18/h2-9,14,19H,10H2,1H3/t14-/m0/s1. The lowest BCUT2D eigenvalue weighted by molar-refractivity contribution is -0.121. The van der Waals surface area contributed by atoms with Crippen molar-refractivity contribution in [1.82, 2.24) is 0 Å². The summed E-state index contributed by atoms with van der Waals surface area (Å²) in [5.74, 6) is -0.455. The van der Waals surface area contributed by atoms with Gasteiger partial charge in [0.25, 0.3) is 5.91 Å². The molecule has 112 valence electrons. The quantitative estimate of drug-likeness (QED) is 0.883. The molecule has 0 saturated carbocycles. The predicted molar refractivity (Wildman–Crippen MR) is 87.2 cm³/mol. The molecule has 0 radical (unpaired) electrons. The van der Waals surface area contributed by atoms with Crippen LogP contribution in [-0.2, 0) is 9.59 Å². The summed E-state index contributed by atoms with van der Waals surface area (Å²) in [5.41, 5.74) is 2.19. The van der Waals surface area contributed by atoms with Crippen molar-refractivity contribution < 1.29 is 9.59 Å². The fraction of sp³-hybridized carbons (Fsp3) is 0.176. The van der Waals surface area contributed by atoms with Crippen LogP contribution in [0.3, 0.4) is 0 Å². The molecule has 0 spiro atoms. The number of nitrogens with zero attached hydrogens (tertiary/aromatic N) is 1. The molecule has 1 heterocycles. The first-order valence-electron chi connectivity index (χ1n) is 7.01. The number of nitrogens with one attached hydrogen (secondary N) is 1. The Balaban J connectivity index is 1.86. The summed E-state index contributed by atoms with van der Waals surface area (Å²) in [6.07, 6.45) is 0.123. The number of aryl methyl sites for hydroxylation is 1. The molecule has 1 aliphatic heterocycles. The highest BCUT2D eigenvalue weighted by Gasteiger charge is 2.40. The van der Waals surface area contributed by atoms with E-state index in [0.29, 0.717) is 16.4 Å². The van der Waals surface area contributed by atoms with Gasteiger partial charge >= 0.3 is 0 Å². The molecule has 2 aromatic rings. The first-order chi connectivity index (χ1) is 10.6. The van der Waals surface area contributed by atoms with Crippen LogP contribution in [0.1, 0.15) is 12.0 Å². The number of halogens is 1. The van der Waals surface area contributed by atoms with Gasteiger partial charge in [0.05, 0.1) is 22.8 Å². The summed E-state index contributed by atoms with van der Waals surface area (Å²) in [6.45, 7) is 1.88. The molecule has 5 heteroatoms. The largest absolute Gasteiger partial charge is 0.372 e. The van der Waals surface area contributed by atoms with Crippen LogP contribution >= 0.6 is 11.6 Å². The zero-order chi connectivity index (χ0) is 15.7. The second kappa shape index (κ2) is 5.81. The lowest BCUT2D eigenvalue weighted by Gasteiger charge is -2.18. The van der Waals surface area contributed by atoms with Crippen molar-refractivity contribution in [2.45, 2.75) is 19.4 Å². The smallest absolute Gasteiger partial charge is 0.256 e. The van der Waals surface area contributed by atoms with Gasteiger partial charge in [-0.2, -0.15) is 0 Å². The van der Waals surface area contributed by atoms with Crippen LogP contribution in [0.4, 0.5) is 11.4 Å². The topological polar surface area (TPSA) is 49.4 Å². The van der Waals surface area contributed by atoms with Crippen molar-refractivity contribution in [2.75, 3.05) is 10.2 Å². The summed E-state index contributed by atoms with van der Waals surface area (Å²) in [6, 6.07) is 13.9. The molecule has 1 aliphatic rings. The van der Waals surface area contributed by atoms with Crippen LogP contribution in [-0.4, -0.2) is 17.9 Å². The molecule has 3 rings (SSSR count). The van der Waals surface area contributed by atoms with Gasteiger partial charge in [-0.15, -0.1) is 0 Å². The third-order valence-electron chi connectivity index (χ3n) is 3.71. The van der Waals surface area contributed by atoms with Crippen LogP contribution in [0.2, 0.25) is 5.02 Å². The molecule has 1 saturated heterocycles. The summed E-state index contributed by atoms with van der Waals surface area (Å²) in [7, 11) is 0. The lowest BCUT2D eigenvalue weighted by atomic mass is 10.2. The minimum absolute atomic E-state index is 0.123. The molecule has 2 aromatic carbocycles. The summed E-state index contributed by atoms with van der Waals surface area (Å²) in [5, 5.41) is 3.59. The van der Waals surface area contributed by atoms with Gasteiger partial charge < -0.3 is 5.32 Å². The maximum absolute atomic E-state index is 12.6. The molecule has 0 aromatic heterocycles. The molecule has 22 heavy (non-hydrogen) atoms.